The highest BCUT2D eigenvalue weighted by atomic mass is 79.9. The molecule has 0 aliphatic rings. The quantitative estimate of drug-likeness (QED) is 0.738. The van der Waals surface area contributed by atoms with Crippen LogP contribution in [0.4, 0.5) is 0 Å². The first-order valence-electron chi connectivity index (χ1n) is 5.71. The van der Waals surface area contributed by atoms with Crippen LogP contribution in [0.5, 0.6) is 0 Å². The zero-order chi connectivity index (χ0) is 12.7. The molecule has 1 N–H and O–H groups in total. The number of aromatic amines is 1. The van der Waals surface area contributed by atoms with E-state index in [9.17, 15) is 0 Å². The van der Waals surface area contributed by atoms with Crippen LogP contribution in [0.3, 0.4) is 0 Å². The predicted molar refractivity (Wildman–Crippen MR) is 76.5 cm³/mol. The molecule has 0 radical (unpaired) electrons. The number of nitrogens with one attached hydrogen (secondary N) is 1. The van der Waals surface area contributed by atoms with Crippen molar-refractivity contribution in [2.24, 2.45) is 0 Å². The molecule has 1 aromatic carbocycles. The van der Waals surface area contributed by atoms with E-state index in [1.807, 2.05) is 12.3 Å². The summed E-state index contributed by atoms with van der Waals surface area (Å²) in [6.07, 6.45) is 3.58. The average Bonchev–Trinajstić information content (AvgIpc) is 2.73. The van der Waals surface area contributed by atoms with Crippen LogP contribution in [-0.4, -0.2) is 15.0 Å². The minimum absolute atomic E-state index is 0.854. The van der Waals surface area contributed by atoms with E-state index in [4.69, 9.17) is 0 Å². The summed E-state index contributed by atoms with van der Waals surface area (Å²) in [7, 11) is 0. The fraction of sp³-hybridized carbons (Fsp3) is 0.143. The van der Waals surface area contributed by atoms with Gasteiger partial charge in [-0.3, -0.25) is 4.98 Å². The molecule has 18 heavy (non-hydrogen) atoms. The van der Waals surface area contributed by atoms with Gasteiger partial charge in [0.2, 0.25) is 0 Å². The summed E-state index contributed by atoms with van der Waals surface area (Å²) in [5.41, 5.74) is 5.51. The molecule has 0 bridgehead atoms. The highest BCUT2D eigenvalue weighted by Gasteiger charge is 2.08. The molecule has 0 spiro atoms. The smallest absolute Gasteiger partial charge is 0.140 e. The normalized spacial score (nSPS) is 11.1. The van der Waals surface area contributed by atoms with Crippen molar-refractivity contribution in [3.8, 4) is 11.4 Å². The number of rotatable bonds is 1. The van der Waals surface area contributed by atoms with Crippen LogP contribution < -0.4 is 0 Å². The Labute approximate surface area is 113 Å². The van der Waals surface area contributed by atoms with Gasteiger partial charge in [0.1, 0.15) is 5.82 Å². The van der Waals surface area contributed by atoms with E-state index in [-0.39, 0.29) is 0 Å². The monoisotopic (exact) mass is 301 g/mol. The molecule has 3 nitrogen and oxygen atoms in total. The van der Waals surface area contributed by atoms with E-state index in [1.165, 1.54) is 11.1 Å². The van der Waals surface area contributed by atoms with E-state index in [0.29, 0.717) is 0 Å². The fourth-order valence-electron chi connectivity index (χ4n) is 2.15. The van der Waals surface area contributed by atoms with Crippen LogP contribution in [0, 0.1) is 13.8 Å². The van der Waals surface area contributed by atoms with E-state index in [2.05, 4.69) is 56.9 Å². The molecule has 0 aliphatic heterocycles. The second kappa shape index (κ2) is 4.21. The molecular formula is C14H12BrN3. The third-order valence-corrected chi connectivity index (χ3v) is 3.33. The van der Waals surface area contributed by atoms with Crippen molar-refractivity contribution in [1.29, 1.82) is 0 Å². The Morgan fingerprint density at radius 1 is 1.11 bits per heavy atom. The molecule has 0 aliphatic carbocycles. The number of pyridine rings is 1. The standard InChI is InChI=1S/C14H12BrN3/c1-8-3-9(2)13-12(4-8)17-14(18-13)10-5-11(15)7-16-6-10/h3-7H,1-2H3,(H,17,18). The molecule has 3 rings (SSSR count). The molecule has 90 valence electrons. The van der Waals surface area contributed by atoms with Gasteiger partial charge in [-0.1, -0.05) is 6.07 Å². The second-order valence-electron chi connectivity index (χ2n) is 4.46. The van der Waals surface area contributed by atoms with Crippen LogP contribution >= 0.6 is 15.9 Å². The highest BCUT2D eigenvalue weighted by Crippen LogP contribution is 2.24. The lowest BCUT2D eigenvalue weighted by Crippen LogP contribution is -1.82. The van der Waals surface area contributed by atoms with Gasteiger partial charge in [-0.2, -0.15) is 0 Å². The Morgan fingerprint density at radius 2 is 1.94 bits per heavy atom. The average molecular weight is 302 g/mol. The van der Waals surface area contributed by atoms with Crippen molar-refractivity contribution in [3.63, 3.8) is 0 Å². The van der Waals surface area contributed by atoms with Gasteiger partial charge in [0.05, 0.1) is 11.0 Å². The van der Waals surface area contributed by atoms with Crippen molar-refractivity contribution in [3.05, 3.63) is 46.2 Å². The fourth-order valence-corrected chi connectivity index (χ4v) is 2.51. The van der Waals surface area contributed by atoms with Gasteiger partial charge in [0, 0.05) is 22.4 Å². The molecule has 0 saturated carbocycles. The van der Waals surface area contributed by atoms with Gasteiger partial charge in [-0.25, -0.2) is 4.98 Å². The molecule has 2 aromatic heterocycles. The third-order valence-electron chi connectivity index (χ3n) is 2.90. The van der Waals surface area contributed by atoms with Gasteiger partial charge in [0.15, 0.2) is 0 Å². The summed E-state index contributed by atoms with van der Waals surface area (Å²) in [6.45, 7) is 4.17. The van der Waals surface area contributed by atoms with Gasteiger partial charge >= 0.3 is 0 Å². The van der Waals surface area contributed by atoms with E-state index >= 15 is 0 Å². The maximum Gasteiger partial charge on any atom is 0.140 e. The van der Waals surface area contributed by atoms with Crippen LogP contribution in [0.25, 0.3) is 22.4 Å². The number of fused-ring (bicyclic) bond motifs is 1. The van der Waals surface area contributed by atoms with E-state index < -0.39 is 0 Å². The summed E-state index contributed by atoms with van der Waals surface area (Å²) in [5, 5.41) is 0. The summed E-state index contributed by atoms with van der Waals surface area (Å²) in [5.74, 6) is 0.854. The second-order valence-corrected chi connectivity index (χ2v) is 5.37. The highest BCUT2D eigenvalue weighted by molar-refractivity contribution is 9.10. The van der Waals surface area contributed by atoms with Crippen molar-refractivity contribution in [1.82, 2.24) is 15.0 Å². The molecule has 0 atom stereocenters. The molecule has 2 heterocycles. The Balaban J connectivity index is 2.22. The van der Waals surface area contributed by atoms with E-state index in [0.717, 1.165) is 26.9 Å². The Kier molecular flexibility index (Phi) is 2.67. The zero-order valence-electron chi connectivity index (χ0n) is 10.2. The number of hydrogen-bond acceptors (Lipinski definition) is 2. The molecule has 0 fully saturated rings. The van der Waals surface area contributed by atoms with Crippen LogP contribution in [-0.2, 0) is 0 Å². The van der Waals surface area contributed by atoms with Crippen LogP contribution in [0.15, 0.2) is 35.1 Å². The first kappa shape index (κ1) is 11.4. The Hall–Kier alpha value is -1.68. The summed E-state index contributed by atoms with van der Waals surface area (Å²) < 4.78 is 0.952. The molecular weight excluding hydrogens is 290 g/mol. The zero-order valence-corrected chi connectivity index (χ0v) is 11.7. The lowest BCUT2D eigenvalue weighted by atomic mass is 10.1. The number of aryl methyl sites for hydroxylation is 2. The number of benzene rings is 1. The number of hydrogen-bond donors (Lipinski definition) is 1. The van der Waals surface area contributed by atoms with Crippen LogP contribution in [0.1, 0.15) is 11.1 Å². The molecule has 4 heteroatoms. The molecule has 0 saturated heterocycles. The summed E-state index contributed by atoms with van der Waals surface area (Å²) in [6, 6.07) is 6.27. The first-order valence-corrected chi connectivity index (χ1v) is 6.50. The summed E-state index contributed by atoms with van der Waals surface area (Å²) >= 11 is 3.43. The van der Waals surface area contributed by atoms with Crippen molar-refractivity contribution < 1.29 is 0 Å². The number of aromatic nitrogens is 3. The maximum absolute atomic E-state index is 4.65. The number of imidazole rings is 1. The molecule has 0 unspecified atom stereocenters. The minimum Gasteiger partial charge on any atom is -0.338 e. The largest absolute Gasteiger partial charge is 0.338 e. The van der Waals surface area contributed by atoms with Gasteiger partial charge < -0.3 is 4.98 Å². The van der Waals surface area contributed by atoms with Crippen LogP contribution in [0.2, 0.25) is 0 Å². The Bertz CT molecular complexity index is 731. The topological polar surface area (TPSA) is 41.6 Å². The van der Waals surface area contributed by atoms with Gasteiger partial charge in [-0.05, 0) is 53.0 Å². The van der Waals surface area contributed by atoms with Gasteiger partial charge in [-0.15, -0.1) is 0 Å². The Morgan fingerprint density at radius 3 is 2.72 bits per heavy atom. The lowest BCUT2D eigenvalue weighted by molar-refractivity contribution is 1.26. The SMILES string of the molecule is Cc1cc(C)c2nc(-c3cncc(Br)c3)[nH]c2c1. The maximum atomic E-state index is 4.65. The lowest BCUT2D eigenvalue weighted by Gasteiger charge is -1.96. The third kappa shape index (κ3) is 1.93. The number of halogens is 1. The van der Waals surface area contributed by atoms with Crippen molar-refractivity contribution in [2.75, 3.05) is 0 Å². The van der Waals surface area contributed by atoms with E-state index in [1.54, 1.807) is 6.20 Å². The van der Waals surface area contributed by atoms with Gasteiger partial charge in [0.25, 0.3) is 0 Å². The predicted octanol–water partition coefficient (Wildman–Crippen LogP) is 4.00. The first-order chi connectivity index (χ1) is 8.63. The number of H-pyrrole nitrogens is 1. The van der Waals surface area contributed by atoms with Crippen molar-refractivity contribution in [2.45, 2.75) is 13.8 Å². The minimum atomic E-state index is 0.854. The molecule has 3 aromatic rings. The van der Waals surface area contributed by atoms with Crippen molar-refractivity contribution >= 4 is 27.0 Å². The summed E-state index contributed by atoms with van der Waals surface area (Å²) in [4.78, 5) is 12.2. The molecule has 0 amide bonds. The number of nitrogens with zero attached hydrogens (tertiary/aromatic N) is 2.